The van der Waals surface area contributed by atoms with Crippen LogP contribution in [-0.4, -0.2) is 26.5 Å². The molecule has 0 saturated carbocycles. The fourth-order valence-electron chi connectivity index (χ4n) is 2.30. The van der Waals surface area contributed by atoms with Gasteiger partial charge in [-0.05, 0) is 29.8 Å². The van der Waals surface area contributed by atoms with E-state index in [1.807, 2.05) is 24.3 Å². The van der Waals surface area contributed by atoms with Crippen LogP contribution in [0.15, 0.2) is 58.2 Å². The van der Waals surface area contributed by atoms with E-state index in [1.54, 1.807) is 12.1 Å². The van der Waals surface area contributed by atoms with Crippen LogP contribution < -0.4 is 11.2 Å². The molecule has 2 aromatic carbocycles. The number of hydrogen-bond donors (Lipinski definition) is 2. The van der Waals surface area contributed by atoms with Gasteiger partial charge in [-0.25, -0.2) is 9.07 Å². The number of benzene rings is 2. The molecule has 0 fully saturated rings. The smallest absolute Gasteiger partial charge is 0.221 e. The van der Waals surface area contributed by atoms with Gasteiger partial charge >= 0.3 is 0 Å². The van der Waals surface area contributed by atoms with E-state index < -0.39 is 0 Å². The van der Waals surface area contributed by atoms with Crippen LogP contribution in [0.25, 0.3) is 11.4 Å². The SMILES string of the molecule is Nn1c(SCCC(=O)NCc2ccc(F)cc2)nnc1-c1ccc(Br)cc1. The number of nitrogens with two attached hydrogens (primary N) is 1. The van der Waals surface area contributed by atoms with Crippen molar-refractivity contribution in [3.05, 3.63) is 64.4 Å². The lowest BCUT2D eigenvalue weighted by Crippen LogP contribution is -2.23. The summed E-state index contributed by atoms with van der Waals surface area (Å²) >= 11 is 4.75. The molecule has 27 heavy (non-hydrogen) atoms. The molecule has 6 nitrogen and oxygen atoms in total. The zero-order valence-electron chi connectivity index (χ0n) is 14.2. The molecule has 3 N–H and O–H groups in total. The quantitative estimate of drug-likeness (QED) is 0.426. The fourth-order valence-corrected chi connectivity index (χ4v) is 3.36. The first kappa shape index (κ1) is 19.4. The monoisotopic (exact) mass is 449 g/mol. The van der Waals surface area contributed by atoms with Gasteiger partial charge in [0.15, 0.2) is 5.82 Å². The summed E-state index contributed by atoms with van der Waals surface area (Å²) < 4.78 is 15.2. The van der Waals surface area contributed by atoms with Gasteiger partial charge in [-0.1, -0.05) is 52.0 Å². The number of carbonyl (C=O) groups excluding carboxylic acids is 1. The molecule has 0 spiro atoms. The van der Waals surface area contributed by atoms with E-state index in [1.165, 1.54) is 28.6 Å². The minimum Gasteiger partial charge on any atom is -0.352 e. The van der Waals surface area contributed by atoms with Crippen LogP contribution in [0.5, 0.6) is 0 Å². The Hall–Kier alpha value is -2.39. The molecular weight excluding hydrogens is 433 g/mol. The summed E-state index contributed by atoms with van der Waals surface area (Å²) in [6, 6.07) is 13.6. The summed E-state index contributed by atoms with van der Waals surface area (Å²) in [7, 11) is 0. The van der Waals surface area contributed by atoms with E-state index in [-0.39, 0.29) is 11.7 Å². The Labute approximate surface area is 168 Å². The fraction of sp³-hybridized carbons (Fsp3) is 0.167. The van der Waals surface area contributed by atoms with Crippen molar-refractivity contribution in [3.8, 4) is 11.4 Å². The van der Waals surface area contributed by atoms with E-state index >= 15 is 0 Å². The minimum absolute atomic E-state index is 0.0944. The Balaban J connectivity index is 1.48. The Morgan fingerprint density at radius 1 is 1.15 bits per heavy atom. The lowest BCUT2D eigenvalue weighted by atomic mass is 10.2. The number of rotatable bonds is 7. The molecule has 3 rings (SSSR count). The summed E-state index contributed by atoms with van der Waals surface area (Å²) in [6.45, 7) is 0.366. The van der Waals surface area contributed by atoms with Crippen molar-refractivity contribution in [2.45, 2.75) is 18.1 Å². The first-order valence-electron chi connectivity index (χ1n) is 8.13. The summed E-state index contributed by atoms with van der Waals surface area (Å²) in [6.07, 6.45) is 0.312. The Morgan fingerprint density at radius 2 is 1.85 bits per heavy atom. The number of halogens is 2. The van der Waals surface area contributed by atoms with Crippen molar-refractivity contribution < 1.29 is 9.18 Å². The van der Waals surface area contributed by atoms with Crippen molar-refractivity contribution in [3.63, 3.8) is 0 Å². The van der Waals surface area contributed by atoms with Crippen LogP contribution >= 0.6 is 27.7 Å². The Bertz CT molecular complexity index is 915. The molecule has 0 atom stereocenters. The molecule has 1 heterocycles. The summed E-state index contributed by atoms with van der Waals surface area (Å²) in [5.41, 5.74) is 1.70. The van der Waals surface area contributed by atoms with Gasteiger partial charge in [0.2, 0.25) is 11.1 Å². The van der Waals surface area contributed by atoms with Crippen LogP contribution in [0.3, 0.4) is 0 Å². The van der Waals surface area contributed by atoms with Gasteiger partial charge in [-0.3, -0.25) is 4.79 Å². The lowest BCUT2D eigenvalue weighted by Gasteiger charge is -2.06. The largest absolute Gasteiger partial charge is 0.352 e. The third-order valence-electron chi connectivity index (χ3n) is 3.73. The maximum Gasteiger partial charge on any atom is 0.221 e. The molecule has 1 amide bonds. The third kappa shape index (κ3) is 5.30. The second kappa shape index (κ2) is 9.01. The number of nitrogens with one attached hydrogen (secondary N) is 1. The van der Waals surface area contributed by atoms with Gasteiger partial charge in [-0.15, -0.1) is 10.2 Å². The second-order valence-corrected chi connectivity index (χ2v) is 7.66. The van der Waals surface area contributed by atoms with Gasteiger partial charge in [0, 0.05) is 28.8 Å². The highest BCUT2D eigenvalue weighted by Crippen LogP contribution is 2.23. The van der Waals surface area contributed by atoms with Crippen molar-refractivity contribution in [2.24, 2.45) is 0 Å². The van der Waals surface area contributed by atoms with Gasteiger partial charge in [-0.2, -0.15) is 0 Å². The van der Waals surface area contributed by atoms with E-state index in [2.05, 4.69) is 31.4 Å². The number of amides is 1. The van der Waals surface area contributed by atoms with Crippen molar-refractivity contribution in [1.29, 1.82) is 0 Å². The van der Waals surface area contributed by atoms with Gasteiger partial charge < -0.3 is 11.2 Å². The zero-order valence-corrected chi connectivity index (χ0v) is 16.6. The number of carbonyl (C=O) groups is 1. The molecule has 0 aliphatic carbocycles. The van der Waals surface area contributed by atoms with E-state index in [4.69, 9.17) is 5.84 Å². The molecule has 0 saturated heterocycles. The zero-order chi connectivity index (χ0) is 19.2. The predicted molar refractivity (Wildman–Crippen MR) is 107 cm³/mol. The molecular formula is C18H17BrFN5OS. The Morgan fingerprint density at radius 3 is 2.56 bits per heavy atom. The molecule has 0 unspecified atom stereocenters. The first-order chi connectivity index (χ1) is 13.0. The van der Waals surface area contributed by atoms with E-state index in [0.29, 0.717) is 29.7 Å². The predicted octanol–water partition coefficient (Wildman–Crippen LogP) is 3.36. The molecule has 3 aromatic rings. The molecule has 9 heteroatoms. The van der Waals surface area contributed by atoms with Crippen molar-refractivity contribution in [1.82, 2.24) is 20.2 Å². The molecule has 0 radical (unpaired) electrons. The van der Waals surface area contributed by atoms with E-state index in [9.17, 15) is 9.18 Å². The standard InChI is InChI=1S/C18H17BrFN5OS/c19-14-5-3-13(4-6-14)17-23-24-18(25(17)21)27-10-9-16(26)22-11-12-1-7-15(20)8-2-12/h1-8H,9-11,21H2,(H,22,26). The normalized spacial score (nSPS) is 10.7. The first-order valence-corrected chi connectivity index (χ1v) is 9.91. The topological polar surface area (TPSA) is 85.8 Å². The summed E-state index contributed by atoms with van der Waals surface area (Å²) in [4.78, 5) is 11.9. The third-order valence-corrected chi connectivity index (χ3v) is 5.20. The van der Waals surface area contributed by atoms with Crippen molar-refractivity contribution in [2.75, 3.05) is 11.6 Å². The van der Waals surface area contributed by atoms with Gasteiger partial charge in [0.05, 0.1) is 0 Å². The molecule has 0 aliphatic heterocycles. The van der Waals surface area contributed by atoms with Crippen LogP contribution in [0.2, 0.25) is 0 Å². The number of aromatic nitrogens is 3. The van der Waals surface area contributed by atoms with Gasteiger partial charge in [0.1, 0.15) is 5.82 Å². The average molecular weight is 450 g/mol. The maximum absolute atomic E-state index is 12.9. The highest BCUT2D eigenvalue weighted by atomic mass is 79.9. The molecule has 0 aliphatic rings. The number of hydrogen-bond acceptors (Lipinski definition) is 5. The lowest BCUT2D eigenvalue weighted by molar-refractivity contribution is -0.120. The van der Waals surface area contributed by atoms with Crippen LogP contribution in [0, 0.1) is 5.82 Å². The minimum atomic E-state index is -0.296. The molecule has 0 bridgehead atoms. The van der Waals surface area contributed by atoms with Crippen LogP contribution in [-0.2, 0) is 11.3 Å². The van der Waals surface area contributed by atoms with Crippen LogP contribution in [0.4, 0.5) is 4.39 Å². The van der Waals surface area contributed by atoms with Crippen molar-refractivity contribution >= 4 is 33.6 Å². The number of nitrogens with zero attached hydrogens (tertiary/aromatic N) is 3. The van der Waals surface area contributed by atoms with Crippen LogP contribution in [0.1, 0.15) is 12.0 Å². The average Bonchev–Trinajstić information content (AvgIpc) is 3.03. The maximum atomic E-state index is 12.9. The highest BCUT2D eigenvalue weighted by Gasteiger charge is 2.12. The van der Waals surface area contributed by atoms with Gasteiger partial charge in [0.25, 0.3) is 0 Å². The highest BCUT2D eigenvalue weighted by molar-refractivity contribution is 9.10. The molecule has 140 valence electrons. The second-order valence-electron chi connectivity index (χ2n) is 5.68. The summed E-state index contributed by atoms with van der Waals surface area (Å²) in [5.74, 6) is 6.75. The number of nitrogen functional groups attached to an aromatic ring is 1. The number of thioether (sulfide) groups is 1. The van der Waals surface area contributed by atoms with E-state index in [0.717, 1.165) is 15.6 Å². The Kier molecular flexibility index (Phi) is 6.46. The summed E-state index contributed by atoms with van der Waals surface area (Å²) in [5, 5.41) is 11.5. The molecule has 1 aromatic heterocycles.